The number of aliphatic hydroxyl groups excluding tert-OH is 1. The molecule has 1 aliphatic rings. The second-order valence-corrected chi connectivity index (χ2v) is 5.89. The second-order valence-electron chi connectivity index (χ2n) is 5.89. The van der Waals surface area contributed by atoms with Crippen LogP contribution in [0, 0.1) is 0 Å². The molecule has 0 aromatic heterocycles. The van der Waals surface area contributed by atoms with Crippen molar-refractivity contribution in [3.63, 3.8) is 0 Å². The molecule has 0 bridgehead atoms. The van der Waals surface area contributed by atoms with Gasteiger partial charge in [0.15, 0.2) is 5.76 Å². The Hall–Kier alpha value is -0.760. The minimum absolute atomic E-state index is 0.127. The minimum Gasteiger partial charge on any atom is -0.458 e. The molecular weight excluding hydrogens is 248 g/mol. The lowest BCUT2D eigenvalue weighted by atomic mass is 10.0. The summed E-state index contributed by atoms with van der Waals surface area (Å²) in [5.74, 6) is 0.957. The molecule has 116 valence electrons. The smallest absolute Gasteiger partial charge is 0.161 e. The predicted octanol–water partition coefficient (Wildman–Crippen LogP) is 5.48. The van der Waals surface area contributed by atoms with Gasteiger partial charge in [0.2, 0.25) is 0 Å². The van der Waals surface area contributed by atoms with Gasteiger partial charge in [0, 0.05) is 0 Å². The average Bonchev–Trinajstić information content (AvgIpc) is 3.26. The first kappa shape index (κ1) is 17.3. The van der Waals surface area contributed by atoms with Crippen molar-refractivity contribution in [1.29, 1.82) is 0 Å². The standard InChI is InChI=1S/C18H32O2/c1-2-3-4-5-6-7-8-9-10-13-17(19)14-11-12-15-18-16-20-18/h12,15-17,19H,2-11,13-14H2,1H3. The Balaban J connectivity index is 1.77. The van der Waals surface area contributed by atoms with E-state index in [1.54, 1.807) is 6.26 Å². The van der Waals surface area contributed by atoms with E-state index in [0.29, 0.717) is 0 Å². The highest BCUT2D eigenvalue weighted by Crippen LogP contribution is 2.16. The van der Waals surface area contributed by atoms with Crippen molar-refractivity contribution in [3.8, 4) is 0 Å². The van der Waals surface area contributed by atoms with Crippen LogP contribution in [0.25, 0.3) is 0 Å². The lowest BCUT2D eigenvalue weighted by Crippen LogP contribution is -2.05. The van der Waals surface area contributed by atoms with E-state index >= 15 is 0 Å². The Kier molecular flexibility index (Phi) is 10.4. The number of unbranched alkanes of at least 4 members (excludes halogenated alkanes) is 8. The van der Waals surface area contributed by atoms with E-state index in [-0.39, 0.29) is 6.10 Å². The van der Waals surface area contributed by atoms with Gasteiger partial charge in [-0.05, 0) is 25.3 Å². The number of hydrogen-bond acceptors (Lipinski definition) is 2. The molecular formula is C18H32O2. The summed E-state index contributed by atoms with van der Waals surface area (Å²) in [6.45, 7) is 2.26. The van der Waals surface area contributed by atoms with Crippen LogP contribution in [0.4, 0.5) is 0 Å². The first-order valence-corrected chi connectivity index (χ1v) is 8.54. The summed E-state index contributed by atoms with van der Waals surface area (Å²) in [6, 6.07) is 0. The molecule has 1 N–H and O–H groups in total. The molecule has 1 heterocycles. The van der Waals surface area contributed by atoms with E-state index in [4.69, 9.17) is 4.74 Å². The molecule has 0 aromatic carbocycles. The third-order valence-electron chi connectivity index (χ3n) is 3.84. The highest BCUT2D eigenvalue weighted by atomic mass is 16.5. The van der Waals surface area contributed by atoms with Crippen LogP contribution in [0.15, 0.2) is 24.2 Å². The Morgan fingerprint density at radius 3 is 2.20 bits per heavy atom. The number of hydrogen-bond donors (Lipinski definition) is 1. The van der Waals surface area contributed by atoms with Crippen molar-refractivity contribution < 1.29 is 9.84 Å². The third kappa shape index (κ3) is 11.1. The summed E-state index contributed by atoms with van der Waals surface area (Å²) in [6.07, 6.45) is 20.5. The Labute approximate surface area is 124 Å². The zero-order valence-corrected chi connectivity index (χ0v) is 13.2. The molecule has 1 unspecified atom stereocenters. The number of aliphatic hydroxyl groups is 1. The second kappa shape index (κ2) is 12.0. The monoisotopic (exact) mass is 280 g/mol. The molecule has 1 aliphatic heterocycles. The molecule has 2 nitrogen and oxygen atoms in total. The van der Waals surface area contributed by atoms with Gasteiger partial charge in [0.1, 0.15) is 6.26 Å². The summed E-state index contributed by atoms with van der Waals surface area (Å²) < 4.78 is 4.89. The van der Waals surface area contributed by atoms with Gasteiger partial charge in [0.25, 0.3) is 0 Å². The normalized spacial score (nSPS) is 15.2. The van der Waals surface area contributed by atoms with Crippen molar-refractivity contribution in [2.24, 2.45) is 0 Å². The lowest BCUT2D eigenvalue weighted by Gasteiger charge is -2.08. The van der Waals surface area contributed by atoms with Gasteiger partial charge < -0.3 is 9.84 Å². The molecule has 20 heavy (non-hydrogen) atoms. The topological polar surface area (TPSA) is 32.8 Å². The van der Waals surface area contributed by atoms with Crippen molar-refractivity contribution >= 4 is 0 Å². The van der Waals surface area contributed by atoms with Crippen LogP contribution in [-0.4, -0.2) is 11.2 Å². The maximum atomic E-state index is 9.85. The zero-order valence-electron chi connectivity index (χ0n) is 13.2. The van der Waals surface area contributed by atoms with Crippen LogP contribution in [0.5, 0.6) is 0 Å². The van der Waals surface area contributed by atoms with E-state index < -0.39 is 0 Å². The first-order chi connectivity index (χ1) is 9.83. The molecule has 2 heteroatoms. The van der Waals surface area contributed by atoms with Gasteiger partial charge >= 0.3 is 0 Å². The molecule has 0 fully saturated rings. The van der Waals surface area contributed by atoms with Crippen LogP contribution in [0.3, 0.4) is 0 Å². The molecule has 0 amide bonds. The van der Waals surface area contributed by atoms with Gasteiger partial charge in [-0.1, -0.05) is 70.8 Å². The fourth-order valence-corrected chi connectivity index (χ4v) is 2.44. The Morgan fingerprint density at radius 2 is 1.60 bits per heavy atom. The summed E-state index contributed by atoms with van der Waals surface area (Å²) in [5, 5.41) is 9.85. The molecule has 0 radical (unpaired) electrons. The predicted molar refractivity (Wildman–Crippen MR) is 85.4 cm³/mol. The van der Waals surface area contributed by atoms with E-state index in [1.165, 1.54) is 57.8 Å². The summed E-state index contributed by atoms with van der Waals surface area (Å²) in [5.41, 5.74) is 0. The number of rotatable bonds is 14. The Bertz CT molecular complexity index is 281. The SMILES string of the molecule is CCCCCCCCCCCC(O)CCC=CC1=CO1. The van der Waals surface area contributed by atoms with Gasteiger partial charge in [-0.3, -0.25) is 0 Å². The van der Waals surface area contributed by atoms with Gasteiger partial charge in [-0.25, -0.2) is 0 Å². The van der Waals surface area contributed by atoms with Crippen molar-refractivity contribution in [1.82, 2.24) is 0 Å². The lowest BCUT2D eigenvalue weighted by molar-refractivity contribution is 0.152. The zero-order chi connectivity index (χ0) is 14.5. The van der Waals surface area contributed by atoms with Crippen LogP contribution in [-0.2, 0) is 4.74 Å². The fraction of sp³-hybridized carbons (Fsp3) is 0.778. The Morgan fingerprint density at radius 1 is 1.00 bits per heavy atom. The molecule has 0 aliphatic carbocycles. The van der Waals surface area contributed by atoms with E-state index in [9.17, 15) is 5.11 Å². The van der Waals surface area contributed by atoms with E-state index in [2.05, 4.69) is 13.0 Å². The maximum Gasteiger partial charge on any atom is 0.161 e. The summed E-state index contributed by atoms with van der Waals surface area (Å²) in [7, 11) is 0. The molecule has 1 rings (SSSR count). The van der Waals surface area contributed by atoms with Crippen LogP contribution >= 0.6 is 0 Å². The number of ether oxygens (including phenoxy) is 1. The molecule has 0 spiro atoms. The van der Waals surface area contributed by atoms with E-state index in [0.717, 1.165) is 25.0 Å². The fourth-order valence-electron chi connectivity index (χ4n) is 2.44. The molecule has 0 saturated heterocycles. The van der Waals surface area contributed by atoms with Crippen molar-refractivity contribution in [2.45, 2.75) is 90.1 Å². The van der Waals surface area contributed by atoms with Crippen molar-refractivity contribution in [3.05, 3.63) is 24.2 Å². The highest BCUT2D eigenvalue weighted by molar-refractivity contribution is 5.19. The van der Waals surface area contributed by atoms with Crippen molar-refractivity contribution in [2.75, 3.05) is 0 Å². The van der Waals surface area contributed by atoms with Gasteiger partial charge in [-0.15, -0.1) is 0 Å². The number of allylic oxidation sites excluding steroid dienone is 2. The largest absolute Gasteiger partial charge is 0.458 e. The van der Waals surface area contributed by atoms with Gasteiger partial charge in [0.05, 0.1) is 6.10 Å². The quantitative estimate of drug-likeness (QED) is 0.428. The van der Waals surface area contributed by atoms with E-state index in [1.807, 2.05) is 6.08 Å². The minimum atomic E-state index is -0.127. The molecule has 1 atom stereocenters. The first-order valence-electron chi connectivity index (χ1n) is 8.54. The van der Waals surface area contributed by atoms with Gasteiger partial charge in [-0.2, -0.15) is 0 Å². The summed E-state index contributed by atoms with van der Waals surface area (Å²) >= 11 is 0. The maximum absolute atomic E-state index is 9.85. The van der Waals surface area contributed by atoms with Crippen LogP contribution in [0.2, 0.25) is 0 Å². The molecule has 0 aromatic rings. The highest BCUT2D eigenvalue weighted by Gasteiger charge is 2.05. The third-order valence-corrected chi connectivity index (χ3v) is 3.84. The van der Waals surface area contributed by atoms with Crippen LogP contribution in [0.1, 0.15) is 84.0 Å². The van der Waals surface area contributed by atoms with Crippen LogP contribution < -0.4 is 0 Å². The average molecular weight is 280 g/mol. The summed E-state index contributed by atoms with van der Waals surface area (Å²) in [4.78, 5) is 0. The molecule has 0 saturated carbocycles.